The molecule has 6 heteroatoms. The van der Waals surface area contributed by atoms with Crippen LogP contribution in [-0.2, 0) is 13.1 Å². The number of carbonyl (C=O) groups excluding carboxylic acids is 1. The molecule has 0 saturated carbocycles. The van der Waals surface area contributed by atoms with Gasteiger partial charge in [-0.3, -0.25) is 14.2 Å². The number of benzene rings is 3. The molecule has 6 nitrogen and oxygen atoms in total. The maximum atomic E-state index is 12.8. The summed E-state index contributed by atoms with van der Waals surface area (Å²) in [5.41, 5.74) is 4.89. The fourth-order valence-corrected chi connectivity index (χ4v) is 4.13. The molecule has 33 heavy (non-hydrogen) atoms. The average Bonchev–Trinajstić information content (AvgIpc) is 3.39. The highest BCUT2D eigenvalue weighted by molar-refractivity contribution is 6.03. The smallest absolute Gasteiger partial charge is 0.256 e. The molecule has 0 fully saturated rings. The molecule has 0 bridgehead atoms. The molecule has 5 rings (SSSR count). The summed E-state index contributed by atoms with van der Waals surface area (Å²) in [5.74, 6) is 0.352. The molecule has 0 aliphatic carbocycles. The number of nitrogens with one attached hydrogen (secondary N) is 1. The Morgan fingerprint density at radius 2 is 1.70 bits per heavy atom. The van der Waals surface area contributed by atoms with Crippen molar-refractivity contribution in [1.29, 1.82) is 0 Å². The van der Waals surface area contributed by atoms with Crippen molar-refractivity contribution < 1.29 is 4.79 Å². The van der Waals surface area contributed by atoms with Crippen LogP contribution in [0.5, 0.6) is 0 Å². The first kappa shape index (κ1) is 20.7. The fourth-order valence-electron chi connectivity index (χ4n) is 4.13. The maximum absolute atomic E-state index is 12.8. The van der Waals surface area contributed by atoms with E-state index in [-0.39, 0.29) is 5.91 Å². The number of hydrogen-bond acceptors (Lipinski definition) is 3. The Morgan fingerprint density at radius 3 is 2.55 bits per heavy atom. The highest BCUT2D eigenvalue weighted by Crippen LogP contribution is 2.20. The minimum absolute atomic E-state index is 0.180. The lowest BCUT2D eigenvalue weighted by Gasteiger charge is -2.08. The third kappa shape index (κ3) is 4.55. The molecule has 0 radical (unpaired) electrons. The minimum Gasteiger partial charge on any atom is -0.305 e. The Labute approximate surface area is 192 Å². The molecule has 1 amide bonds. The van der Waals surface area contributed by atoms with Crippen molar-refractivity contribution in [3.8, 4) is 0 Å². The normalized spacial score (nSPS) is 11.1. The van der Waals surface area contributed by atoms with Gasteiger partial charge in [0.15, 0.2) is 5.82 Å². The number of rotatable bonds is 6. The van der Waals surface area contributed by atoms with Gasteiger partial charge in [0.2, 0.25) is 0 Å². The van der Waals surface area contributed by atoms with Crippen LogP contribution >= 0.6 is 0 Å². The standard InChI is InChI=1S/C27H25N5O/c1-19-15-20(2)32(29-19)17-21-7-5-10-23(16-21)27(33)28-26-13-14-31(30-26)18-24-11-6-9-22-8-3-4-12-25(22)24/h3-16H,17-18H2,1-2H3,(H,28,30,33). The van der Waals surface area contributed by atoms with E-state index >= 15 is 0 Å². The van der Waals surface area contributed by atoms with Crippen LogP contribution in [0.4, 0.5) is 5.82 Å². The minimum atomic E-state index is -0.180. The van der Waals surface area contributed by atoms with Crippen molar-refractivity contribution in [1.82, 2.24) is 19.6 Å². The van der Waals surface area contributed by atoms with Gasteiger partial charge in [-0.15, -0.1) is 0 Å². The number of anilines is 1. The Balaban J connectivity index is 1.28. The van der Waals surface area contributed by atoms with E-state index in [1.165, 1.54) is 16.3 Å². The van der Waals surface area contributed by atoms with Gasteiger partial charge >= 0.3 is 0 Å². The van der Waals surface area contributed by atoms with E-state index in [9.17, 15) is 4.79 Å². The van der Waals surface area contributed by atoms with Crippen LogP contribution in [0.15, 0.2) is 85.1 Å². The number of nitrogens with zero attached hydrogens (tertiary/aromatic N) is 4. The van der Waals surface area contributed by atoms with Gasteiger partial charge in [0.1, 0.15) is 0 Å². The summed E-state index contributed by atoms with van der Waals surface area (Å²) in [7, 11) is 0. The predicted octanol–water partition coefficient (Wildman–Crippen LogP) is 5.20. The highest BCUT2D eigenvalue weighted by atomic mass is 16.1. The summed E-state index contributed by atoms with van der Waals surface area (Å²) in [6, 6.07) is 26.1. The van der Waals surface area contributed by atoms with E-state index < -0.39 is 0 Å². The van der Waals surface area contributed by atoms with Crippen LogP contribution in [0.2, 0.25) is 0 Å². The lowest BCUT2D eigenvalue weighted by atomic mass is 10.0. The number of carbonyl (C=O) groups is 1. The zero-order valence-electron chi connectivity index (χ0n) is 18.7. The van der Waals surface area contributed by atoms with Crippen molar-refractivity contribution in [2.75, 3.05) is 5.32 Å². The molecule has 0 aliphatic rings. The Morgan fingerprint density at radius 1 is 0.879 bits per heavy atom. The predicted molar refractivity (Wildman–Crippen MR) is 130 cm³/mol. The third-order valence-electron chi connectivity index (χ3n) is 5.72. The van der Waals surface area contributed by atoms with Crippen LogP contribution in [-0.4, -0.2) is 25.5 Å². The van der Waals surface area contributed by atoms with E-state index in [0.717, 1.165) is 17.0 Å². The van der Waals surface area contributed by atoms with Crippen LogP contribution in [0, 0.1) is 13.8 Å². The Hall–Kier alpha value is -4.19. The van der Waals surface area contributed by atoms with Gasteiger partial charge in [-0.1, -0.05) is 54.6 Å². The van der Waals surface area contributed by atoms with Gasteiger partial charge in [-0.25, -0.2) is 0 Å². The molecule has 2 aromatic heterocycles. The van der Waals surface area contributed by atoms with E-state index in [1.807, 2.05) is 77.9 Å². The zero-order chi connectivity index (χ0) is 22.8. The Bertz CT molecular complexity index is 1440. The number of aromatic nitrogens is 4. The first-order valence-electron chi connectivity index (χ1n) is 11.0. The van der Waals surface area contributed by atoms with Crippen LogP contribution in [0.3, 0.4) is 0 Å². The molecule has 164 valence electrons. The summed E-state index contributed by atoms with van der Waals surface area (Å²) in [4.78, 5) is 12.8. The van der Waals surface area contributed by atoms with Gasteiger partial charge in [-0.05, 0) is 53.9 Å². The Kier molecular flexibility index (Phi) is 5.48. The topological polar surface area (TPSA) is 64.7 Å². The first-order valence-corrected chi connectivity index (χ1v) is 11.0. The molecule has 3 aromatic carbocycles. The second-order valence-corrected chi connectivity index (χ2v) is 8.28. The molecule has 2 heterocycles. The summed E-state index contributed by atoms with van der Waals surface area (Å²) in [6.45, 7) is 5.27. The SMILES string of the molecule is Cc1cc(C)n(Cc2cccc(C(=O)Nc3ccn(Cc4cccc5ccccc45)n3)c2)n1. The van der Waals surface area contributed by atoms with Crippen molar-refractivity contribution in [2.45, 2.75) is 26.9 Å². The molecule has 1 N–H and O–H groups in total. The molecule has 0 saturated heterocycles. The molecular weight excluding hydrogens is 410 g/mol. The van der Waals surface area contributed by atoms with Gasteiger partial charge in [0.25, 0.3) is 5.91 Å². The van der Waals surface area contributed by atoms with Crippen molar-refractivity contribution in [3.05, 3.63) is 113 Å². The van der Waals surface area contributed by atoms with Crippen LogP contribution in [0.1, 0.15) is 32.9 Å². The number of fused-ring (bicyclic) bond motifs is 1. The molecule has 0 aliphatic heterocycles. The third-order valence-corrected chi connectivity index (χ3v) is 5.72. The summed E-state index contributed by atoms with van der Waals surface area (Å²) in [6.07, 6.45) is 1.89. The zero-order valence-corrected chi connectivity index (χ0v) is 18.7. The molecular formula is C27H25N5O. The summed E-state index contributed by atoms with van der Waals surface area (Å²) >= 11 is 0. The fraction of sp³-hybridized carbons (Fsp3) is 0.148. The quantitative estimate of drug-likeness (QED) is 0.399. The summed E-state index contributed by atoms with van der Waals surface area (Å²) < 4.78 is 3.79. The van der Waals surface area contributed by atoms with Gasteiger partial charge in [0.05, 0.1) is 18.8 Å². The molecule has 0 atom stereocenters. The van der Waals surface area contributed by atoms with Gasteiger partial charge in [0, 0.05) is 23.5 Å². The van der Waals surface area contributed by atoms with E-state index in [2.05, 4.69) is 45.8 Å². The molecule has 0 unspecified atom stereocenters. The van der Waals surface area contributed by atoms with Crippen molar-refractivity contribution in [3.63, 3.8) is 0 Å². The van der Waals surface area contributed by atoms with Crippen LogP contribution in [0.25, 0.3) is 10.8 Å². The largest absolute Gasteiger partial charge is 0.305 e. The highest BCUT2D eigenvalue weighted by Gasteiger charge is 2.11. The monoisotopic (exact) mass is 435 g/mol. The van der Waals surface area contributed by atoms with Crippen molar-refractivity contribution >= 4 is 22.5 Å². The molecule has 5 aromatic rings. The first-order chi connectivity index (χ1) is 16.0. The maximum Gasteiger partial charge on any atom is 0.256 e. The van der Waals surface area contributed by atoms with E-state index in [1.54, 1.807) is 0 Å². The molecule has 0 spiro atoms. The van der Waals surface area contributed by atoms with Crippen molar-refractivity contribution in [2.24, 2.45) is 0 Å². The average molecular weight is 436 g/mol. The van der Waals surface area contributed by atoms with Gasteiger partial charge in [-0.2, -0.15) is 10.2 Å². The second-order valence-electron chi connectivity index (χ2n) is 8.28. The number of aryl methyl sites for hydroxylation is 2. The summed E-state index contributed by atoms with van der Waals surface area (Å²) in [5, 5.41) is 14.4. The van der Waals surface area contributed by atoms with Crippen LogP contribution < -0.4 is 5.32 Å². The lowest BCUT2D eigenvalue weighted by Crippen LogP contribution is -2.14. The lowest BCUT2D eigenvalue weighted by molar-refractivity contribution is 0.102. The number of amides is 1. The second kappa shape index (κ2) is 8.74. The van der Waals surface area contributed by atoms with E-state index in [0.29, 0.717) is 24.5 Å². The van der Waals surface area contributed by atoms with Gasteiger partial charge < -0.3 is 5.32 Å². The number of hydrogen-bond donors (Lipinski definition) is 1. The van der Waals surface area contributed by atoms with E-state index in [4.69, 9.17) is 0 Å².